The predicted octanol–water partition coefficient (Wildman–Crippen LogP) is 6.80. The topological polar surface area (TPSA) is 55.1 Å². The van der Waals surface area contributed by atoms with E-state index in [4.69, 9.17) is 4.42 Å². The normalized spacial score (nSPS) is 11.3. The molecule has 0 aliphatic heterocycles. The molecule has 30 heavy (non-hydrogen) atoms. The van der Waals surface area contributed by atoms with Gasteiger partial charge in [-0.3, -0.25) is 4.79 Å². The van der Waals surface area contributed by atoms with Crippen LogP contribution in [0.1, 0.15) is 52.4 Å². The number of nitrogens with zero attached hydrogens (tertiary/aromatic N) is 1. The average molecular weight is 399 g/mol. The van der Waals surface area contributed by atoms with Gasteiger partial charge in [-0.15, -0.1) is 0 Å². The third-order valence-electron chi connectivity index (χ3n) is 5.39. The molecule has 4 nitrogen and oxygen atoms in total. The van der Waals surface area contributed by atoms with Crippen molar-refractivity contribution in [2.45, 2.75) is 40.5 Å². The second-order valence-electron chi connectivity index (χ2n) is 8.21. The lowest BCUT2D eigenvalue weighted by Gasteiger charge is -2.11. The van der Waals surface area contributed by atoms with Crippen molar-refractivity contribution < 1.29 is 9.21 Å². The first-order valence-electron chi connectivity index (χ1n) is 10.2. The minimum Gasteiger partial charge on any atom is -0.436 e. The van der Waals surface area contributed by atoms with Gasteiger partial charge >= 0.3 is 0 Å². The van der Waals surface area contributed by atoms with E-state index in [0.717, 1.165) is 39.0 Å². The Labute approximate surface area is 177 Å². The fourth-order valence-electron chi connectivity index (χ4n) is 3.60. The lowest BCUT2D eigenvalue weighted by Crippen LogP contribution is -2.13. The minimum atomic E-state index is -0.130. The summed E-state index contributed by atoms with van der Waals surface area (Å²) in [6.07, 6.45) is 0. The molecule has 3 aromatic carbocycles. The summed E-state index contributed by atoms with van der Waals surface area (Å²) in [4.78, 5) is 17.4. The van der Waals surface area contributed by atoms with Crippen LogP contribution in [0.15, 0.2) is 59.0 Å². The first-order valence-corrected chi connectivity index (χ1v) is 10.2. The van der Waals surface area contributed by atoms with E-state index in [9.17, 15) is 4.79 Å². The van der Waals surface area contributed by atoms with Crippen LogP contribution >= 0.6 is 0 Å². The third kappa shape index (κ3) is 3.86. The highest BCUT2D eigenvalue weighted by molar-refractivity contribution is 6.05. The molecule has 4 aromatic rings. The van der Waals surface area contributed by atoms with Crippen LogP contribution in [0.25, 0.3) is 22.6 Å². The van der Waals surface area contributed by atoms with Crippen molar-refractivity contribution in [3.8, 4) is 11.5 Å². The molecule has 0 spiro atoms. The summed E-state index contributed by atoms with van der Waals surface area (Å²) in [5, 5.41) is 3.03. The van der Waals surface area contributed by atoms with Crippen LogP contribution in [0.2, 0.25) is 0 Å². The number of aryl methyl sites for hydroxylation is 3. The zero-order valence-corrected chi connectivity index (χ0v) is 18.0. The van der Waals surface area contributed by atoms with Crippen LogP contribution in [-0.4, -0.2) is 10.9 Å². The zero-order valence-electron chi connectivity index (χ0n) is 18.0. The summed E-state index contributed by atoms with van der Waals surface area (Å²) >= 11 is 0. The first-order chi connectivity index (χ1) is 14.3. The number of amides is 1. The predicted molar refractivity (Wildman–Crippen MR) is 122 cm³/mol. The van der Waals surface area contributed by atoms with E-state index < -0.39 is 0 Å². The highest BCUT2D eigenvalue weighted by Crippen LogP contribution is 2.30. The molecule has 1 heterocycles. The molecular weight excluding hydrogens is 372 g/mol. The molecule has 0 unspecified atom stereocenters. The maximum atomic E-state index is 12.8. The van der Waals surface area contributed by atoms with Gasteiger partial charge in [0, 0.05) is 16.8 Å². The van der Waals surface area contributed by atoms with Gasteiger partial charge in [-0.25, -0.2) is 4.98 Å². The van der Waals surface area contributed by atoms with Crippen molar-refractivity contribution in [3.05, 3.63) is 82.4 Å². The second-order valence-corrected chi connectivity index (χ2v) is 8.21. The van der Waals surface area contributed by atoms with E-state index in [0.29, 0.717) is 17.4 Å². The summed E-state index contributed by atoms with van der Waals surface area (Å²) in [6, 6.07) is 17.7. The zero-order chi connectivity index (χ0) is 21.4. The number of nitrogens with one attached hydrogen (secondary N) is 1. The third-order valence-corrected chi connectivity index (χ3v) is 5.39. The Balaban J connectivity index is 1.63. The molecule has 0 aliphatic carbocycles. The number of carbonyl (C=O) groups excluding carboxylic acids is 1. The average Bonchev–Trinajstić information content (AvgIpc) is 3.14. The fourth-order valence-corrected chi connectivity index (χ4v) is 3.60. The van der Waals surface area contributed by atoms with Crippen LogP contribution in [-0.2, 0) is 0 Å². The first kappa shape index (κ1) is 19.9. The molecular formula is C26H26N2O2. The fraction of sp³-hybridized carbons (Fsp3) is 0.231. The van der Waals surface area contributed by atoms with Crippen molar-refractivity contribution >= 4 is 22.7 Å². The van der Waals surface area contributed by atoms with Crippen molar-refractivity contribution in [1.82, 2.24) is 4.98 Å². The Kier molecular flexibility index (Phi) is 5.17. The Morgan fingerprint density at radius 3 is 2.37 bits per heavy atom. The van der Waals surface area contributed by atoms with Gasteiger partial charge in [-0.05, 0) is 79.3 Å². The number of fused-ring (bicyclic) bond motifs is 1. The highest BCUT2D eigenvalue weighted by atomic mass is 16.3. The number of anilines is 1. The van der Waals surface area contributed by atoms with Gasteiger partial charge in [0.05, 0.1) is 0 Å². The number of oxazole rings is 1. The summed E-state index contributed by atoms with van der Waals surface area (Å²) in [6.45, 7) is 10.3. The molecule has 0 saturated carbocycles. The van der Waals surface area contributed by atoms with Crippen molar-refractivity contribution in [2.75, 3.05) is 5.32 Å². The van der Waals surface area contributed by atoms with Gasteiger partial charge in [0.1, 0.15) is 5.52 Å². The Bertz CT molecular complexity index is 1230. The van der Waals surface area contributed by atoms with E-state index in [2.05, 4.69) is 30.2 Å². The lowest BCUT2D eigenvalue weighted by atomic mass is 10.0. The maximum Gasteiger partial charge on any atom is 0.255 e. The molecule has 1 N–H and O–H groups in total. The number of rotatable bonds is 4. The van der Waals surface area contributed by atoms with E-state index in [1.165, 1.54) is 5.56 Å². The van der Waals surface area contributed by atoms with Gasteiger partial charge in [-0.2, -0.15) is 0 Å². The van der Waals surface area contributed by atoms with Gasteiger partial charge in [0.2, 0.25) is 5.89 Å². The van der Waals surface area contributed by atoms with Crippen LogP contribution in [0.4, 0.5) is 5.69 Å². The summed E-state index contributed by atoms with van der Waals surface area (Å²) in [5.41, 5.74) is 8.28. The van der Waals surface area contributed by atoms with E-state index in [-0.39, 0.29) is 5.91 Å². The Morgan fingerprint density at radius 1 is 0.933 bits per heavy atom. The smallest absolute Gasteiger partial charge is 0.255 e. The van der Waals surface area contributed by atoms with Gasteiger partial charge in [0.15, 0.2) is 5.58 Å². The lowest BCUT2D eigenvalue weighted by molar-refractivity contribution is 0.102. The number of hydrogen-bond donors (Lipinski definition) is 1. The SMILES string of the molecule is Cc1cc(C)c2oc(-c3ccc(C)c(NC(=O)c4ccc(C(C)C)cc4)c3)nc2c1. The number of carbonyl (C=O) groups is 1. The number of aromatic nitrogens is 1. The highest BCUT2D eigenvalue weighted by Gasteiger charge is 2.14. The van der Waals surface area contributed by atoms with Crippen molar-refractivity contribution in [1.29, 1.82) is 0 Å². The van der Waals surface area contributed by atoms with E-state index >= 15 is 0 Å². The molecule has 0 saturated heterocycles. The summed E-state index contributed by atoms with van der Waals surface area (Å²) in [5.74, 6) is 0.856. The standard InChI is InChI=1S/C26H26N2O2/c1-15(2)19-8-10-20(11-9-19)25(29)27-22-14-21(7-6-17(22)4)26-28-23-13-16(3)12-18(5)24(23)30-26/h6-15H,1-5H3,(H,27,29). The van der Waals surface area contributed by atoms with Gasteiger partial charge < -0.3 is 9.73 Å². The van der Waals surface area contributed by atoms with E-state index in [1.807, 2.05) is 69.3 Å². The molecule has 0 atom stereocenters. The molecule has 0 aliphatic rings. The maximum absolute atomic E-state index is 12.8. The quantitative estimate of drug-likeness (QED) is 0.411. The molecule has 1 amide bonds. The molecule has 0 radical (unpaired) electrons. The second kappa shape index (κ2) is 7.79. The molecule has 4 rings (SSSR count). The van der Waals surface area contributed by atoms with Crippen molar-refractivity contribution in [3.63, 3.8) is 0 Å². The molecule has 1 aromatic heterocycles. The van der Waals surface area contributed by atoms with E-state index in [1.54, 1.807) is 0 Å². The molecule has 4 heteroatoms. The van der Waals surface area contributed by atoms with Crippen molar-refractivity contribution in [2.24, 2.45) is 0 Å². The molecule has 0 fully saturated rings. The van der Waals surface area contributed by atoms with Crippen LogP contribution in [0.5, 0.6) is 0 Å². The number of benzene rings is 3. The summed E-state index contributed by atoms with van der Waals surface area (Å²) in [7, 11) is 0. The molecule has 0 bridgehead atoms. The minimum absolute atomic E-state index is 0.130. The summed E-state index contributed by atoms with van der Waals surface area (Å²) < 4.78 is 6.04. The Hall–Kier alpha value is -3.40. The van der Waals surface area contributed by atoms with Gasteiger partial charge in [0.25, 0.3) is 5.91 Å². The number of hydrogen-bond acceptors (Lipinski definition) is 3. The van der Waals surface area contributed by atoms with Crippen LogP contribution < -0.4 is 5.32 Å². The monoisotopic (exact) mass is 398 g/mol. The largest absolute Gasteiger partial charge is 0.436 e. The van der Waals surface area contributed by atoms with Gasteiger partial charge in [-0.1, -0.05) is 38.1 Å². The molecule has 152 valence electrons. The van der Waals surface area contributed by atoms with Crippen LogP contribution in [0, 0.1) is 20.8 Å². The Morgan fingerprint density at radius 2 is 1.67 bits per heavy atom. The van der Waals surface area contributed by atoms with Crippen LogP contribution in [0.3, 0.4) is 0 Å².